The topological polar surface area (TPSA) is 174 Å². The summed E-state index contributed by atoms with van der Waals surface area (Å²) in [4.78, 5) is 98.1. The number of rotatable bonds is 15. The van der Waals surface area contributed by atoms with Crippen molar-refractivity contribution in [3.8, 4) is 0 Å². The number of amides is 7. The number of Topliss-reactive ketones (excluding diaryl/α,β-unsaturated/α-hetero) is 1. The van der Waals surface area contributed by atoms with Crippen LogP contribution in [0.1, 0.15) is 110 Å². The van der Waals surface area contributed by atoms with Crippen LogP contribution in [0.15, 0.2) is 36.9 Å². The lowest BCUT2D eigenvalue weighted by Gasteiger charge is -2.39. The number of nitrogens with one attached hydrogen (secondary N) is 4. The van der Waals surface area contributed by atoms with Gasteiger partial charge in [0.1, 0.15) is 12.1 Å². The Kier molecular flexibility index (Phi) is 14.1. The van der Waals surface area contributed by atoms with Crippen LogP contribution in [0.4, 0.5) is 4.79 Å². The third kappa shape index (κ3) is 10.8. The molecule has 4 N–H and O–H groups in total. The van der Waals surface area contributed by atoms with Crippen molar-refractivity contribution in [1.29, 1.82) is 0 Å². The maximum atomic E-state index is 14.6. The van der Waals surface area contributed by atoms with E-state index in [2.05, 4.69) is 27.8 Å². The van der Waals surface area contributed by atoms with Gasteiger partial charge in [0.05, 0.1) is 18.5 Å². The average Bonchev–Trinajstić information content (AvgIpc) is 3.49. The number of fused-ring (bicyclic) bond motifs is 1. The minimum Gasteiger partial charge on any atom is -0.346 e. The number of imide groups is 1. The van der Waals surface area contributed by atoms with Gasteiger partial charge in [0.2, 0.25) is 23.5 Å². The molecule has 0 radical (unpaired) electrons. The van der Waals surface area contributed by atoms with E-state index in [1.807, 2.05) is 55.4 Å². The summed E-state index contributed by atoms with van der Waals surface area (Å²) < 4.78 is 0. The summed E-state index contributed by atoms with van der Waals surface area (Å²) >= 11 is 0. The fourth-order valence-corrected chi connectivity index (χ4v) is 7.72. The van der Waals surface area contributed by atoms with Gasteiger partial charge in [0, 0.05) is 25.2 Å². The number of hydrogen-bond acceptors (Lipinski definition) is 7. The van der Waals surface area contributed by atoms with Crippen molar-refractivity contribution in [2.45, 2.75) is 125 Å². The van der Waals surface area contributed by atoms with Gasteiger partial charge in [-0.3, -0.25) is 33.7 Å². The van der Waals surface area contributed by atoms with Crippen molar-refractivity contribution < 1.29 is 33.6 Å². The first-order chi connectivity index (χ1) is 25.7. The molecule has 302 valence electrons. The zero-order valence-electron chi connectivity index (χ0n) is 34.0. The summed E-state index contributed by atoms with van der Waals surface area (Å²) in [5.41, 5.74) is -0.268. The van der Waals surface area contributed by atoms with Crippen LogP contribution >= 0.6 is 0 Å². The van der Waals surface area contributed by atoms with Gasteiger partial charge in [-0.25, -0.2) is 4.79 Å². The summed E-state index contributed by atoms with van der Waals surface area (Å²) in [6.07, 6.45) is 5.94. The summed E-state index contributed by atoms with van der Waals surface area (Å²) in [6, 6.07) is 2.64. The van der Waals surface area contributed by atoms with Crippen molar-refractivity contribution >= 4 is 41.4 Å². The number of carbonyl (C=O) groups excluding carboxylic acids is 7. The molecule has 0 bridgehead atoms. The third-order valence-corrected chi connectivity index (χ3v) is 11.1. The highest BCUT2D eigenvalue weighted by atomic mass is 16.2. The molecule has 4 rings (SSSR count). The molecule has 1 saturated heterocycles. The molecule has 2 fully saturated rings. The number of nitrogens with zero attached hydrogens (tertiary/aromatic N) is 2. The first-order valence-electron chi connectivity index (χ1n) is 19.8. The summed E-state index contributed by atoms with van der Waals surface area (Å²) in [7, 11) is 0. The number of ketones is 1. The van der Waals surface area contributed by atoms with Gasteiger partial charge in [0.15, 0.2) is 0 Å². The first-order valence-corrected chi connectivity index (χ1v) is 19.8. The minimum atomic E-state index is -1.07. The van der Waals surface area contributed by atoms with Gasteiger partial charge in [-0.15, -0.1) is 6.58 Å². The Morgan fingerprint density at radius 3 is 2.16 bits per heavy atom. The van der Waals surface area contributed by atoms with Crippen molar-refractivity contribution in [1.82, 2.24) is 31.1 Å². The molecule has 55 heavy (non-hydrogen) atoms. The smallest absolute Gasteiger partial charge is 0.315 e. The number of hydrogen-bond donors (Lipinski definition) is 4. The van der Waals surface area contributed by atoms with Crippen molar-refractivity contribution in [3.63, 3.8) is 0 Å². The molecule has 1 aromatic rings. The second-order valence-electron chi connectivity index (χ2n) is 18.1. The third-order valence-electron chi connectivity index (χ3n) is 11.1. The van der Waals surface area contributed by atoms with E-state index in [0.29, 0.717) is 30.4 Å². The molecular formula is C42H62N6O7. The predicted molar refractivity (Wildman–Crippen MR) is 210 cm³/mol. The standard InChI is InChI=1S/C42H62N6O7/c1-10-19-43-37(52)34(50)30(22-26-14-13-15-26)44-36(51)33-28(21-25(2)3)18-20-47(33)39(54)35(42(7,8)9)46-40(55)45-31(41(4,5)6)24-48-32(49)23-27-16-11-12-17-29(27)38(48)53/h10-12,16-17,25-26,28,30-31,33,35H,1,13-15,18-24H2,2-9H3,(H,43,52)(H,44,51)(H2,45,46,55)/t28-,30?,31-,33+,35-/m1/s1. The number of carbonyl (C=O) groups is 7. The molecule has 5 atom stereocenters. The zero-order valence-corrected chi connectivity index (χ0v) is 34.0. The highest BCUT2D eigenvalue weighted by Gasteiger charge is 2.47. The van der Waals surface area contributed by atoms with Crippen LogP contribution in [0.2, 0.25) is 0 Å². The van der Waals surface area contributed by atoms with E-state index in [9.17, 15) is 33.6 Å². The molecule has 13 nitrogen and oxygen atoms in total. The summed E-state index contributed by atoms with van der Waals surface area (Å²) in [5.74, 6) is -3.01. The van der Waals surface area contributed by atoms with Crippen LogP contribution in [0, 0.1) is 28.6 Å². The Morgan fingerprint density at radius 2 is 1.58 bits per heavy atom. The van der Waals surface area contributed by atoms with Gasteiger partial charge in [0.25, 0.3) is 11.8 Å². The SMILES string of the molecule is C=CCNC(=O)C(=O)C(CC1CCC1)NC(=O)[C@@H]1[C@@H](CC(C)C)CCN1C(=O)[C@@H](NC(=O)N[C@H](CN1C(=O)Cc2ccccc2C1=O)C(C)(C)C)C(C)(C)C. The normalized spacial score (nSPS) is 20.5. The van der Waals surface area contributed by atoms with Crippen molar-refractivity contribution in [2.75, 3.05) is 19.6 Å². The Morgan fingerprint density at radius 1 is 0.909 bits per heavy atom. The number of benzene rings is 1. The minimum absolute atomic E-state index is 0.0609. The number of likely N-dealkylation sites (tertiary alicyclic amines) is 1. The molecule has 1 saturated carbocycles. The Balaban J connectivity index is 1.55. The van der Waals surface area contributed by atoms with E-state index in [4.69, 9.17) is 0 Å². The lowest BCUT2D eigenvalue weighted by Crippen LogP contribution is -2.62. The number of urea groups is 1. The van der Waals surface area contributed by atoms with Gasteiger partial charge < -0.3 is 26.2 Å². The van der Waals surface area contributed by atoms with Gasteiger partial charge in [-0.05, 0) is 59.5 Å². The maximum Gasteiger partial charge on any atom is 0.315 e. The van der Waals surface area contributed by atoms with E-state index >= 15 is 0 Å². The summed E-state index contributed by atoms with van der Waals surface area (Å²) in [6.45, 7) is 19.2. The van der Waals surface area contributed by atoms with Gasteiger partial charge in [-0.2, -0.15) is 0 Å². The molecule has 7 amide bonds. The lowest BCUT2D eigenvalue weighted by atomic mass is 9.80. The van der Waals surface area contributed by atoms with E-state index in [-0.39, 0.29) is 49.7 Å². The molecule has 0 aromatic heterocycles. The summed E-state index contributed by atoms with van der Waals surface area (Å²) in [5, 5.41) is 11.2. The van der Waals surface area contributed by atoms with Crippen LogP contribution in [0.25, 0.3) is 0 Å². The molecule has 2 heterocycles. The molecule has 13 heteroatoms. The molecule has 1 aliphatic carbocycles. The van der Waals surface area contributed by atoms with E-state index < -0.39 is 70.4 Å². The molecule has 3 aliphatic rings. The fourth-order valence-electron chi connectivity index (χ4n) is 7.72. The van der Waals surface area contributed by atoms with Crippen LogP contribution < -0.4 is 21.3 Å². The molecule has 1 aromatic carbocycles. The monoisotopic (exact) mass is 762 g/mol. The quantitative estimate of drug-likeness (QED) is 0.118. The van der Waals surface area contributed by atoms with Crippen LogP contribution in [0.5, 0.6) is 0 Å². The predicted octanol–water partition coefficient (Wildman–Crippen LogP) is 4.15. The second kappa shape index (κ2) is 17.9. The molecular weight excluding hydrogens is 700 g/mol. The molecule has 1 unspecified atom stereocenters. The molecule has 2 aliphatic heterocycles. The van der Waals surface area contributed by atoms with Gasteiger partial charge >= 0.3 is 6.03 Å². The Bertz CT molecular complexity index is 1640. The van der Waals surface area contributed by atoms with Crippen LogP contribution in [-0.2, 0) is 30.4 Å². The van der Waals surface area contributed by atoms with E-state index in [1.54, 1.807) is 24.3 Å². The first kappa shape index (κ1) is 43.2. The van der Waals surface area contributed by atoms with Crippen molar-refractivity contribution in [2.24, 2.45) is 28.6 Å². The van der Waals surface area contributed by atoms with E-state index in [0.717, 1.165) is 19.3 Å². The van der Waals surface area contributed by atoms with Crippen LogP contribution in [0.3, 0.4) is 0 Å². The fraction of sp³-hybridized carbons (Fsp3) is 0.643. The highest BCUT2D eigenvalue weighted by molar-refractivity contribution is 6.38. The largest absolute Gasteiger partial charge is 0.346 e. The van der Waals surface area contributed by atoms with Crippen LogP contribution in [-0.4, -0.2) is 95.0 Å². The van der Waals surface area contributed by atoms with E-state index in [1.165, 1.54) is 15.9 Å². The van der Waals surface area contributed by atoms with Crippen molar-refractivity contribution in [3.05, 3.63) is 48.0 Å². The zero-order chi connectivity index (χ0) is 40.8. The lowest BCUT2D eigenvalue weighted by molar-refractivity contribution is -0.144. The molecule has 0 spiro atoms. The highest BCUT2D eigenvalue weighted by Crippen LogP contribution is 2.34. The Labute approximate surface area is 326 Å². The van der Waals surface area contributed by atoms with Gasteiger partial charge in [-0.1, -0.05) is 98.9 Å². The average molecular weight is 763 g/mol. The Hall–Kier alpha value is -4.55. The maximum absolute atomic E-state index is 14.6. The second-order valence-corrected chi connectivity index (χ2v) is 18.1.